The number of nitrogens with one attached hydrogen (secondary N) is 2. The minimum absolute atomic E-state index is 0. The number of aryl methyl sites for hydroxylation is 1. The molecule has 0 saturated heterocycles. The molecule has 39 heavy (non-hydrogen) atoms. The number of halogens is 1. The molecule has 3 aromatic carbocycles. The number of carbonyl (C=O) groups is 2. The van der Waals surface area contributed by atoms with Gasteiger partial charge in [0.15, 0.2) is 0 Å². The highest BCUT2D eigenvalue weighted by atomic mass is 35.5. The van der Waals surface area contributed by atoms with Crippen molar-refractivity contribution in [2.24, 2.45) is 5.73 Å². The number of amides is 1. The van der Waals surface area contributed by atoms with E-state index < -0.39 is 18.0 Å². The average Bonchev–Trinajstić information content (AvgIpc) is 3.37. The first kappa shape index (κ1) is 28.0. The van der Waals surface area contributed by atoms with Crippen LogP contribution in [0.4, 0.5) is 0 Å². The maximum atomic E-state index is 11.4. The number of aliphatic hydroxyl groups excluding tert-OH is 1. The third-order valence-corrected chi connectivity index (χ3v) is 6.63. The van der Waals surface area contributed by atoms with Crippen LogP contribution in [0.1, 0.15) is 32.8 Å². The Kier molecular flexibility index (Phi) is 8.75. The summed E-state index contributed by atoms with van der Waals surface area (Å²) in [5.41, 5.74) is 9.75. The number of aromatic amines is 1. The highest BCUT2D eigenvalue weighted by Crippen LogP contribution is 2.32. The Bertz CT molecular complexity index is 1470. The molecule has 0 aliphatic carbocycles. The van der Waals surface area contributed by atoms with E-state index in [2.05, 4.69) is 16.4 Å². The monoisotopic (exact) mass is 551 g/mol. The van der Waals surface area contributed by atoms with E-state index in [4.69, 9.17) is 20.3 Å². The Balaban J connectivity index is 0.00000353. The topological polar surface area (TPSA) is 147 Å². The van der Waals surface area contributed by atoms with Crippen LogP contribution in [0.5, 0.6) is 11.5 Å². The lowest BCUT2D eigenvalue weighted by molar-refractivity contribution is 0.0696. The SMILES string of the molecule is Cl.NC(=O)c1cc2c(OCC(O)CNC[C@H]3CCc4cc(-c5ccc(C(=O)O)cc5)ccc4O3)cccc2[nH]1. The van der Waals surface area contributed by atoms with Crippen molar-refractivity contribution in [3.63, 3.8) is 0 Å². The lowest BCUT2D eigenvalue weighted by Gasteiger charge is -2.27. The molecule has 2 heterocycles. The quantitative estimate of drug-likeness (QED) is 0.201. The van der Waals surface area contributed by atoms with Crippen LogP contribution < -0.4 is 20.5 Å². The molecule has 0 spiro atoms. The maximum Gasteiger partial charge on any atom is 0.335 e. The summed E-state index contributed by atoms with van der Waals surface area (Å²) in [5, 5.41) is 23.5. The summed E-state index contributed by atoms with van der Waals surface area (Å²) in [6.07, 6.45) is 0.955. The molecule has 0 radical (unpaired) electrons. The van der Waals surface area contributed by atoms with Gasteiger partial charge in [0, 0.05) is 24.0 Å². The summed E-state index contributed by atoms with van der Waals surface area (Å²) in [6, 6.07) is 19.9. The van der Waals surface area contributed by atoms with Gasteiger partial charge in [0.2, 0.25) is 0 Å². The maximum absolute atomic E-state index is 11.4. The van der Waals surface area contributed by atoms with Crippen molar-refractivity contribution in [3.05, 3.63) is 83.6 Å². The summed E-state index contributed by atoms with van der Waals surface area (Å²) in [7, 11) is 0. The van der Waals surface area contributed by atoms with Gasteiger partial charge in [-0.25, -0.2) is 4.79 Å². The van der Waals surface area contributed by atoms with E-state index in [0.29, 0.717) is 24.5 Å². The Labute approximate surface area is 231 Å². The average molecular weight is 552 g/mol. The van der Waals surface area contributed by atoms with Gasteiger partial charge in [0.25, 0.3) is 5.91 Å². The van der Waals surface area contributed by atoms with Gasteiger partial charge < -0.3 is 35.7 Å². The highest BCUT2D eigenvalue weighted by Gasteiger charge is 2.21. The minimum atomic E-state index is -0.940. The molecule has 1 aromatic heterocycles. The number of carboxylic acid groups (broad SMARTS) is 1. The van der Waals surface area contributed by atoms with Crippen molar-refractivity contribution in [2.45, 2.75) is 25.0 Å². The van der Waals surface area contributed by atoms with Crippen LogP contribution in [0.15, 0.2) is 66.7 Å². The standard InChI is InChI=1S/C29H29N3O6.ClH/c30-28(34)25-13-23-24(32-25)2-1-3-27(23)37-16-21(33)14-31-15-22-10-8-20-12-19(9-11-26(20)38-22)17-4-6-18(7-5-17)29(35)36;/h1-7,9,11-13,21-22,31-33H,8,10,14-16H2,(H2,30,34)(H,35,36);1H/t21?,22-;/m1./s1. The predicted molar refractivity (Wildman–Crippen MR) is 150 cm³/mol. The Hall–Kier alpha value is -4.05. The summed E-state index contributed by atoms with van der Waals surface area (Å²) in [5.74, 6) is -0.0799. The minimum Gasteiger partial charge on any atom is -0.490 e. The second-order valence-corrected chi connectivity index (χ2v) is 9.37. The third-order valence-electron chi connectivity index (χ3n) is 6.63. The molecule has 0 fully saturated rings. The van der Waals surface area contributed by atoms with Crippen molar-refractivity contribution >= 4 is 35.2 Å². The number of ether oxygens (including phenoxy) is 2. The zero-order chi connectivity index (χ0) is 26.6. The number of carbonyl (C=O) groups excluding carboxylic acids is 1. The number of hydrogen-bond donors (Lipinski definition) is 5. The van der Waals surface area contributed by atoms with E-state index in [1.807, 2.05) is 30.3 Å². The molecule has 204 valence electrons. The zero-order valence-corrected chi connectivity index (χ0v) is 21.9. The Morgan fingerprint density at radius 2 is 1.87 bits per heavy atom. The number of rotatable bonds is 10. The van der Waals surface area contributed by atoms with E-state index in [0.717, 1.165) is 46.2 Å². The lowest BCUT2D eigenvalue weighted by Crippen LogP contribution is -2.39. The molecule has 6 N–H and O–H groups in total. The number of aromatic nitrogens is 1. The number of fused-ring (bicyclic) bond motifs is 2. The summed E-state index contributed by atoms with van der Waals surface area (Å²) in [6.45, 7) is 1.02. The van der Waals surface area contributed by atoms with E-state index in [9.17, 15) is 14.7 Å². The molecule has 1 aliphatic rings. The predicted octanol–water partition coefficient (Wildman–Crippen LogP) is 3.78. The number of carboxylic acids is 1. The molecule has 5 rings (SSSR count). The van der Waals surface area contributed by atoms with E-state index in [1.165, 1.54) is 0 Å². The summed E-state index contributed by atoms with van der Waals surface area (Å²) in [4.78, 5) is 25.5. The number of aromatic carboxylic acids is 1. The molecular formula is C29H30ClN3O6. The molecule has 2 atom stereocenters. The van der Waals surface area contributed by atoms with Crippen LogP contribution in [0.3, 0.4) is 0 Å². The van der Waals surface area contributed by atoms with Crippen molar-refractivity contribution in [1.82, 2.24) is 10.3 Å². The molecular weight excluding hydrogens is 522 g/mol. The molecule has 10 heteroatoms. The van der Waals surface area contributed by atoms with Gasteiger partial charge >= 0.3 is 5.97 Å². The number of primary amides is 1. The fourth-order valence-corrected chi connectivity index (χ4v) is 4.62. The molecule has 1 amide bonds. The van der Waals surface area contributed by atoms with Gasteiger partial charge in [-0.2, -0.15) is 0 Å². The van der Waals surface area contributed by atoms with Crippen LogP contribution in [-0.2, 0) is 6.42 Å². The normalized spacial score (nSPS) is 15.1. The van der Waals surface area contributed by atoms with Crippen LogP contribution in [0, 0.1) is 0 Å². The number of H-pyrrole nitrogens is 1. The van der Waals surface area contributed by atoms with Crippen LogP contribution in [0.2, 0.25) is 0 Å². The third kappa shape index (κ3) is 6.51. The van der Waals surface area contributed by atoms with Crippen molar-refractivity contribution in [2.75, 3.05) is 19.7 Å². The number of hydrogen-bond acceptors (Lipinski definition) is 6. The summed E-state index contributed by atoms with van der Waals surface area (Å²) < 4.78 is 12.0. The second kappa shape index (κ2) is 12.2. The molecule has 0 bridgehead atoms. The fraction of sp³-hybridized carbons (Fsp3) is 0.241. The van der Waals surface area contributed by atoms with Crippen molar-refractivity contribution in [3.8, 4) is 22.6 Å². The van der Waals surface area contributed by atoms with E-state index in [-0.39, 0.29) is 30.7 Å². The summed E-state index contributed by atoms with van der Waals surface area (Å²) >= 11 is 0. The molecule has 4 aromatic rings. The Morgan fingerprint density at radius 3 is 2.62 bits per heavy atom. The molecule has 1 aliphatic heterocycles. The molecule has 0 saturated carbocycles. The van der Waals surface area contributed by atoms with Crippen LogP contribution >= 0.6 is 12.4 Å². The van der Waals surface area contributed by atoms with Gasteiger partial charge in [-0.15, -0.1) is 12.4 Å². The fourth-order valence-electron chi connectivity index (χ4n) is 4.62. The second-order valence-electron chi connectivity index (χ2n) is 9.37. The van der Waals surface area contributed by atoms with E-state index in [1.54, 1.807) is 30.3 Å². The van der Waals surface area contributed by atoms with Crippen molar-refractivity contribution in [1.29, 1.82) is 0 Å². The first-order chi connectivity index (χ1) is 18.4. The number of aliphatic hydroxyl groups is 1. The van der Waals surface area contributed by atoms with Crippen LogP contribution in [-0.4, -0.2) is 59.0 Å². The smallest absolute Gasteiger partial charge is 0.335 e. The van der Waals surface area contributed by atoms with Gasteiger partial charge in [0.05, 0.1) is 5.56 Å². The van der Waals surface area contributed by atoms with Gasteiger partial charge in [0.1, 0.15) is 36.0 Å². The number of nitrogens with two attached hydrogens (primary N) is 1. The Morgan fingerprint density at radius 1 is 1.10 bits per heavy atom. The molecule has 9 nitrogen and oxygen atoms in total. The largest absolute Gasteiger partial charge is 0.490 e. The van der Waals surface area contributed by atoms with Crippen molar-refractivity contribution < 1.29 is 29.3 Å². The van der Waals surface area contributed by atoms with Gasteiger partial charge in [-0.3, -0.25) is 4.79 Å². The highest BCUT2D eigenvalue weighted by molar-refractivity contribution is 5.98. The van der Waals surface area contributed by atoms with Gasteiger partial charge in [-0.05, 0) is 72.0 Å². The van der Waals surface area contributed by atoms with E-state index >= 15 is 0 Å². The van der Waals surface area contributed by atoms with Gasteiger partial charge in [-0.1, -0.05) is 24.3 Å². The first-order valence-corrected chi connectivity index (χ1v) is 12.4. The van der Waals surface area contributed by atoms with Crippen LogP contribution in [0.25, 0.3) is 22.0 Å². The first-order valence-electron chi connectivity index (χ1n) is 12.4. The molecule has 1 unspecified atom stereocenters. The zero-order valence-electron chi connectivity index (χ0n) is 21.1. The lowest BCUT2D eigenvalue weighted by atomic mass is 9.96. The number of benzene rings is 3.